The molecule has 1 aromatic carbocycles. The minimum Gasteiger partial charge on any atom is -0.399 e. The number of rotatable bonds is 8. The molecule has 7 heteroatoms. The largest absolute Gasteiger partial charge is 0.399 e. The van der Waals surface area contributed by atoms with E-state index in [-0.39, 0.29) is 5.75 Å². The number of methoxy groups -OCH3 is 1. The average molecular weight is 304 g/mol. The Kier molecular flexibility index (Phi) is 6.64. The summed E-state index contributed by atoms with van der Waals surface area (Å²) in [6.07, 6.45) is 0. The number of nitrogens with two attached hydrogens (primary N) is 1. The lowest BCUT2D eigenvalue weighted by Crippen LogP contribution is -2.32. The SMILES string of the molecule is COCCN(C)S(=O)(=O)CCSc1cccc(N)c1. The number of nitrogen functional groups attached to an aromatic ring is 1. The standard InChI is InChI=1S/C12H20N2O3S2/c1-14(6-7-17-2)19(15,16)9-8-18-12-5-3-4-11(13)10-12/h3-5,10H,6-9,13H2,1-2H3. The molecule has 1 aromatic rings. The highest BCUT2D eigenvalue weighted by molar-refractivity contribution is 8.00. The van der Waals surface area contributed by atoms with Gasteiger partial charge in [-0.15, -0.1) is 11.8 Å². The maximum atomic E-state index is 11.9. The minimum absolute atomic E-state index is 0.104. The number of hydrogen-bond acceptors (Lipinski definition) is 5. The zero-order chi connectivity index (χ0) is 14.3. The number of anilines is 1. The summed E-state index contributed by atoms with van der Waals surface area (Å²) in [5, 5.41) is 0. The molecule has 2 N–H and O–H groups in total. The molecule has 1 rings (SSSR count). The summed E-state index contributed by atoms with van der Waals surface area (Å²) >= 11 is 1.49. The van der Waals surface area contributed by atoms with Crippen LogP contribution in [0.2, 0.25) is 0 Å². The number of benzene rings is 1. The van der Waals surface area contributed by atoms with E-state index >= 15 is 0 Å². The fraction of sp³-hybridized carbons (Fsp3) is 0.500. The second-order valence-electron chi connectivity index (χ2n) is 4.05. The van der Waals surface area contributed by atoms with Crippen LogP contribution in [0.1, 0.15) is 0 Å². The van der Waals surface area contributed by atoms with Gasteiger partial charge in [-0.1, -0.05) is 6.07 Å². The average Bonchev–Trinajstić information content (AvgIpc) is 2.35. The zero-order valence-corrected chi connectivity index (χ0v) is 12.8. The molecule has 0 aliphatic rings. The molecule has 0 amide bonds. The minimum atomic E-state index is -3.21. The van der Waals surface area contributed by atoms with Crippen molar-refractivity contribution < 1.29 is 13.2 Å². The number of sulfonamides is 1. The molecule has 0 radical (unpaired) electrons. The Morgan fingerprint density at radius 2 is 2.16 bits per heavy atom. The fourth-order valence-electron chi connectivity index (χ4n) is 1.38. The smallest absolute Gasteiger partial charge is 0.214 e. The molecule has 0 saturated carbocycles. The highest BCUT2D eigenvalue weighted by atomic mass is 32.2. The molecule has 108 valence electrons. The first-order valence-electron chi connectivity index (χ1n) is 5.87. The predicted molar refractivity (Wildman–Crippen MR) is 79.9 cm³/mol. The first-order chi connectivity index (χ1) is 8.95. The van der Waals surface area contributed by atoms with Gasteiger partial charge >= 0.3 is 0 Å². The summed E-state index contributed by atoms with van der Waals surface area (Å²) in [5.41, 5.74) is 6.35. The Morgan fingerprint density at radius 3 is 2.79 bits per heavy atom. The molecule has 0 aliphatic heterocycles. The maximum Gasteiger partial charge on any atom is 0.214 e. The van der Waals surface area contributed by atoms with E-state index in [2.05, 4.69) is 0 Å². The van der Waals surface area contributed by atoms with E-state index in [1.54, 1.807) is 20.2 Å². The number of likely N-dealkylation sites (N-methyl/N-ethyl adjacent to an activating group) is 1. The maximum absolute atomic E-state index is 11.9. The molecule has 0 bridgehead atoms. The third-order valence-corrected chi connectivity index (χ3v) is 5.66. The van der Waals surface area contributed by atoms with Crippen LogP contribution in [-0.2, 0) is 14.8 Å². The molecule has 0 heterocycles. The summed E-state index contributed by atoms with van der Waals surface area (Å²) in [7, 11) is -0.0909. The highest BCUT2D eigenvalue weighted by Crippen LogP contribution is 2.20. The van der Waals surface area contributed by atoms with Gasteiger partial charge in [0.1, 0.15) is 0 Å². The normalized spacial score (nSPS) is 11.9. The van der Waals surface area contributed by atoms with Crippen molar-refractivity contribution in [3.63, 3.8) is 0 Å². The van der Waals surface area contributed by atoms with Crippen LogP contribution in [0.25, 0.3) is 0 Å². The van der Waals surface area contributed by atoms with Gasteiger partial charge in [0, 0.05) is 37.0 Å². The van der Waals surface area contributed by atoms with Crippen LogP contribution in [0.15, 0.2) is 29.2 Å². The lowest BCUT2D eigenvalue weighted by Gasteiger charge is -2.16. The Balaban J connectivity index is 2.43. The molecule has 0 unspecified atom stereocenters. The number of nitrogens with zero attached hydrogens (tertiary/aromatic N) is 1. The zero-order valence-electron chi connectivity index (χ0n) is 11.2. The van der Waals surface area contributed by atoms with Crippen molar-refractivity contribution >= 4 is 27.5 Å². The molecule has 5 nitrogen and oxygen atoms in total. The summed E-state index contributed by atoms with van der Waals surface area (Å²) in [4.78, 5) is 0.981. The quantitative estimate of drug-likeness (QED) is 0.578. The van der Waals surface area contributed by atoms with Crippen molar-refractivity contribution in [1.29, 1.82) is 0 Å². The van der Waals surface area contributed by atoms with E-state index < -0.39 is 10.0 Å². The first kappa shape index (κ1) is 16.3. The van der Waals surface area contributed by atoms with Gasteiger partial charge in [0.15, 0.2) is 0 Å². The number of ether oxygens (including phenoxy) is 1. The molecular formula is C12H20N2O3S2. The summed E-state index contributed by atoms with van der Waals surface area (Å²) in [6, 6.07) is 7.42. The molecule has 0 aromatic heterocycles. The molecular weight excluding hydrogens is 284 g/mol. The van der Waals surface area contributed by atoms with Crippen LogP contribution >= 0.6 is 11.8 Å². The van der Waals surface area contributed by atoms with Crippen LogP contribution in [0.4, 0.5) is 5.69 Å². The van der Waals surface area contributed by atoms with Crippen molar-refractivity contribution in [2.75, 3.05) is 44.5 Å². The van der Waals surface area contributed by atoms with Crippen molar-refractivity contribution in [2.24, 2.45) is 0 Å². The molecule has 0 fully saturated rings. The van der Waals surface area contributed by atoms with Crippen molar-refractivity contribution in [3.05, 3.63) is 24.3 Å². The second-order valence-corrected chi connectivity index (χ2v) is 7.42. The van der Waals surface area contributed by atoms with Crippen LogP contribution in [-0.4, -0.2) is 51.5 Å². The van der Waals surface area contributed by atoms with Gasteiger partial charge in [-0.25, -0.2) is 12.7 Å². The number of hydrogen-bond donors (Lipinski definition) is 1. The second kappa shape index (κ2) is 7.74. The molecule has 0 atom stereocenters. The van der Waals surface area contributed by atoms with E-state index in [1.165, 1.54) is 16.1 Å². The topological polar surface area (TPSA) is 72.6 Å². The summed E-state index contributed by atoms with van der Waals surface area (Å²) in [5.74, 6) is 0.607. The van der Waals surface area contributed by atoms with E-state index in [4.69, 9.17) is 10.5 Å². The molecule has 0 saturated heterocycles. The van der Waals surface area contributed by atoms with Crippen molar-refractivity contribution in [3.8, 4) is 0 Å². The van der Waals surface area contributed by atoms with E-state index in [0.29, 0.717) is 24.6 Å². The monoisotopic (exact) mass is 304 g/mol. The van der Waals surface area contributed by atoms with Gasteiger partial charge in [0.25, 0.3) is 0 Å². The third kappa shape index (κ3) is 5.82. The van der Waals surface area contributed by atoms with Crippen LogP contribution in [0.5, 0.6) is 0 Å². The predicted octanol–water partition coefficient (Wildman–Crippen LogP) is 1.27. The fourth-order valence-corrected chi connectivity index (χ4v) is 3.85. The van der Waals surface area contributed by atoms with Gasteiger partial charge in [-0.05, 0) is 18.2 Å². The van der Waals surface area contributed by atoms with Gasteiger partial charge < -0.3 is 10.5 Å². The highest BCUT2D eigenvalue weighted by Gasteiger charge is 2.16. The lowest BCUT2D eigenvalue weighted by atomic mass is 10.3. The van der Waals surface area contributed by atoms with Crippen LogP contribution in [0.3, 0.4) is 0 Å². The number of thioether (sulfide) groups is 1. The lowest BCUT2D eigenvalue weighted by molar-refractivity contribution is 0.185. The van der Waals surface area contributed by atoms with Crippen molar-refractivity contribution in [2.45, 2.75) is 4.90 Å². The summed E-state index contributed by atoms with van der Waals surface area (Å²) in [6.45, 7) is 0.778. The summed E-state index contributed by atoms with van der Waals surface area (Å²) < 4.78 is 30.1. The van der Waals surface area contributed by atoms with Gasteiger partial charge in [0.2, 0.25) is 10.0 Å². The Morgan fingerprint density at radius 1 is 1.42 bits per heavy atom. The first-order valence-corrected chi connectivity index (χ1v) is 8.46. The van der Waals surface area contributed by atoms with E-state index in [1.807, 2.05) is 18.2 Å². The Labute approximate surface area is 119 Å². The van der Waals surface area contributed by atoms with Gasteiger partial charge in [0.05, 0.1) is 12.4 Å². The van der Waals surface area contributed by atoms with Crippen LogP contribution in [0, 0.1) is 0 Å². The van der Waals surface area contributed by atoms with Gasteiger partial charge in [-0.2, -0.15) is 0 Å². The van der Waals surface area contributed by atoms with E-state index in [9.17, 15) is 8.42 Å². The third-order valence-electron chi connectivity index (χ3n) is 2.55. The Hall–Kier alpha value is -0.760. The molecule has 0 aliphatic carbocycles. The van der Waals surface area contributed by atoms with Gasteiger partial charge in [-0.3, -0.25) is 0 Å². The van der Waals surface area contributed by atoms with Crippen LogP contribution < -0.4 is 5.73 Å². The Bertz CT molecular complexity index is 492. The van der Waals surface area contributed by atoms with E-state index in [0.717, 1.165) is 4.90 Å². The molecule has 0 spiro atoms. The van der Waals surface area contributed by atoms with Crippen molar-refractivity contribution in [1.82, 2.24) is 4.31 Å². The molecule has 19 heavy (non-hydrogen) atoms.